The number of H-pyrrole nitrogens is 1. The van der Waals surface area contributed by atoms with Crippen molar-refractivity contribution in [3.8, 4) is 5.82 Å². The number of aromatic nitrogens is 6. The second kappa shape index (κ2) is 3.55. The molecule has 3 aromatic heterocycles. The number of aromatic amines is 1. The van der Waals surface area contributed by atoms with E-state index in [-0.39, 0.29) is 0 Å². The van der Waals surface area contributed by atoms with Crippen molar-refractivity contribution in [3.63, 3.8) is 0 Å². The van der Waals surface area contributed by atoms with Gasteiger partial charge in [-0.05, 0) is 13.0 Å². The normalized spacial score (nSPS) is 10.9. The molecule has 0 aromatic carbocycles. The van der Waals surface area contributed by atoms with E-state index in [9.17, 15) is 0 Å². The van der Waals surface area contributed by atoms with Gasteiger partial charge in [-0.25, -0.2) is 9.67 Å². The van der Waals surface area contributed by atoms with Gasteiger partial charge in [-0.2, -0.15) is 15.1 Å². The highest BCUT2D eigenvalue weighted by Gasteiger charge is 2.11. The van der Waals surface area contributed by atoms with Gasteiger partial charge in [0.05, 0.1) is 12.0 Å². The summed E-state index contributed by atoms with van der Waals surface area (Å²) in [5.74, 6) is 1.21. The van der Waals surface area contributed by atoms with Crippen molar-refractivity contribution >= 4 is 17.1 Å². The molecule has 7 nitrogen and oxygen atoms in total. The molecule has 2 N–H and O–H groups in total. The lowest BCUT2D eigenvalue weighted by atomic mass is 10.5. The number of aryl methyl sites for hydroxylation is 1. The molecule has 3 aromatic rings. The maximum atomic E-state index is 4.38. The van der Waals surface area contributed by atoms with E-state index >= 15 is 0 Å². The Kier molecular flexibility index (Phi) is 2.04. The van der Waals surface area contributed by atoms with Gasteiger partial charge in [-0.1, -0.05) is 0 Å². The summed E-state index contributed by atoms with van der Waals surface area (Å²) in [5.41, 5.74) is 2.32. The lowest BCUT2D eigenvalue weighted by molar-refractivity contribution is 0.835. The monoisotopic (exact) mass is 229 g/mol. The van der Waals surface area contributed by atoms with Gasteiger partial charge in [0.15, 0.2) is 11.5 Å². The summed E-state index contributed by atoms with van der Waals surface area (Å²) >= 11 is 0. The van der Waals surface area contributed by atoms with Crippen LogP contribution in [0, 0.1) is 6.92 Å². The van der Waals surface area contributed by atoms with Crippen LogP contribution >= 0.6 is 0 Å². The Morgan fingerprint density at radius 3 is 2.94 bits per heavy atom. The number of imidazole rings is 1. The van der Waals surface area contributed by atoms with Gasteiger partial charge in [0.2, 0.25) is 5.95 Å². The predicted octanol–water partition coefficient (Wildman–Crippen LogP) is 0.889. The SMILES string of the molecule is CNc1nc(-n2ccc(C)n2)c2[nH]cnc2n1. The highest BCUT2D eigenvalue weighted by molar-refractivity contribution is 5.79. The van der Waals surface area contributed by atoms with Gasteiger partial charge in [-0.15, -0.1) is 0 Å². The third-order valence-electron chi connectivity index (χ3n) is 2.43. The molecule has 0 atom stereocenters. The van der Waals surface area contributed by atoms with E-state index in [4.69, 9.17) is 0 Å². The van der Waals surface area contributed by atoms with Crippen molar-refractivity contribution in [1.29, 1.82) is 0 Å². The van der Waals surface area contributed by atoms with Crippen LogP contribution < -0.4 is 5.32 Å². The van der Waals surface area contributed by atoms with Crippen molar-refractivity contribution < 1.29 is 0 Å². The molecule has 0 aliphatic carbocycles. The van der Waals surface area contributed by atoms with Crippen LogP contribution in [0.4, 0.5) is 5.95 Å². The van der Waals surface area contributed by atoms with E-state index in [1.165, 1.54) is 0 Å². The largest absolute Gasteiger partial charge is 0.357 e. The van der Waals surface area contributed by atoms with Crippen LogP contribution in [0.3, 0.4) is 0 Å². The van der Waals surface area contributed by atoms with Crippen LogP contribution in [0.25, 0.3) is 17.0 Å². The standard InChI is InChI=1S/C10H11N7/c1-6-3-4-17(16-6)9-7-8(13-5-12-7)14-10(11-2)15-9/h3-5H,1-2H3,(H2,11,12,13,14,15). The molecule has 0 spiro atoms. The fraction of sp³-hybridized carbons (Fsp3) is 0.200. The number of fused-ring (bicyclic) bond motifs is 1. The molecule has 0 amide bonds. The van der Waals surface area contributed by atoms with Crippen molar-refractivity contribution in [2.45, 2.75) is 6.92 Å². The van der Waals surface area contributed by atoms with Gasteiger partial charge in [-0.3, -0.25) is 0 Å². The summed E-state index contributed by atoms with van der Waals surface area (Å²) in [4.78, 5) is 15.8. The summed E-state index contributed by atoms with van der Waals surface area (Å²) in [5, 5.41) is 7.25. The minimum atomic E-state index is 0.521. The summed E-state index contributed by atoms with van der Waals surface area (Å²) in [7, 11) is 1.77. The van der Waals surface area contributed by atoms with Crippen LogP contribution in [-0.2, 0) is 0 Å². The topological polar surface area (TPSA) is 84.3 Å². The zero-order chi connectivity index (χ0) is 11.8. The Morgan fingerprint density at radius 1 is 1.35 bits per heavy atom. The minimum absolute atomic E-state index is 0.521. The fourth-order valence-corrected chi connectivity index (χ4v) is 1.63. The second-order valence-corrected chi connectivity index (χ2v) is 3.62. The molecule has 86 valence electrons. The van der Waals surface area contributed by atoms with Crippen LogP contribution in [0.1, 0.15) is 5.69 Å². The van der Waals surface area contributed by atoms with Crippen molar-refractivity contribution in [1.82, 2.24) is 29.7 Å². The van der Waals surface area contributed by atoms with E-state index in [1.807, 2.05) is 19.2 Å². The smallest absolute Gasteiger partial charge is 0.226 e. The number of hydrogen-bond donors (Lipinski definition) is 2. The van der Waals surface area contributed by atoms with Gasteiger partial charge in [0.1, 0.15) is 5.52 Å². The van der Waals surface area contributed by atoms with Gasteiger partial charge in [0.25, 0.3) is 0 Å². The van der Waals surface area contributed by atoms with E-state index < -0.39 is 0 Å². The molecular formula is C10H11N7. The lowest BCUT2D eigenvalue weighted by Crippen LogP contribution is -2.05. The van der Waals surface area contributed by atoms with Crippen molar-refractivity contribution in [2.24, 2.45) is 0 Å². The van der Waals surface area contributed by atoms with Crippen LogP contribution in [-0.4, -0.2) is 36.8 Å². The number of rotatable bonds is 2. The molecule has 0 fully saturated rings. The zero-order valence-electron chi connectivity index (χ0n) is 9.47. The number of hydrogen-bond acceptors (Lipinski definition) is 5. The van der Waals surface area contributed by atoms with E-state index in [1.54, 1.807) is 18.1 Å². The average Bonchev–Trinajstić information content (AvgIpc) is 2.95. The molecule has 0 unspecified atom stereocenters. The molecule has 0 saturated carbocycles. The van der Waals surface area contributed by atoms with E-state index in [2.05, 4.69) is 30.4 Å². The molecule has 7 heteroatoms. The number of nitrogens with zero attached hydrogens (tertiary/aromatic N) is 5. The number of anilines is 1. The highest BCUT2D eigenvalue weighted by atomic mass is 15.3. The minimum Gasteiger partial charge on any atom is -0.357 e. The first-order valence-corrected chi connectivity index (χ1v) is 5.19. The highest BCUT2D eigenvalue weighted by Crippen LogP contribution is 2.17. The van der Waals surface area contributed by atoms with E-state index in [0.717, 1.165) is 11.2 Å². The average molecular weight is 229 g/mol. The summed E-state index contributed by atoms with van der Waals surface area (Å²) in [6.07, 6.45) is 3.45. The first kappa shape index (κ1) is 9.76. The molecular weight excluding hydrogens is 218 g/mol. The predicted molar refractivity (Wildman–Crippen MR) is 63.1 cm³/mol. The fourth-order valence-electron chi connectivity index (χ4n) is 1.63. The Hall–Kier alpha value is -2.44. The number of nitrogens with one attached hydrogen (secondary N) is 2. The lowest BCUT2D eigenvalue weighted by Gasteiger charge is -2.04. The first-order valence-electron chi connectivity index (χ1n) is 5.19. The van der Waals surface area contributed by atoms with E-state index in [0.29, 0.717) is 17.4 Å². The zero-order valence-corrected chi connectivity index (χ0v) is 9.47. The van der Waals surface area contributed by atoms with Gasteiger partial charge >= 0.3 is 0 Å². The molecule has 0 aliphatic heterocycles. The summed E-state index contributed by atoms with van der Waals surface area (Å²) in [6, 6.07) is 1.92. The van der Waals surface area contributed by atoms with Gasteiger partial charge < -0.3 is 10.3 Å². The Morgan fingerprint density at radius 2 is 2.24 bits per heavy atom. The molecule has 0 aliphatic rings. The third-order valence-corrected chi connectivity index (χ3v) is 2.43. The Balaban J connectivity index is 2.29. The molecule has 3 rings (SSSR count). The molecule has 0 radical (unpaired) electrons. The maximum absolute atomic E-state index is 4.38. The molecule has 3 heterocycles. The van der Waals surface area contributed by atoms with Crippen LogP contribution in [0.2, 0.25) is 0 Å². The molecule has 0 bridgehead atoms. The Bertz CT molecular complexity index is 666. The third kappa shape index (κ3) is 1.52. The molecule has 17 heavy (non-hydrogen) atoms. The summed E-state index contributed by atoms with van der Waals surface area (Å²) in [6.45, 7) is 1.93. The molecule has 0 saturated heterocycles. The van der Waals surface area contributed by atoms with Crippen molar-refractivity contribution in [2.75, 3.05) is 12.4 Å². The Labute approximate surface area is 96.9 Å². The summed E-state index contributed by atoms with van der Waals surface area (Å²) < 4.78 is 1.71. The quantitative estimate of drug-likeness (QED) is 0.681. The first-order chi connectivity index (χ1) is 8.28. The van der Waals surface area contributed by atoms with Gasteiger partial charge in [0, 0.05) is 13.2 Å². The van der Waals surface area contributed by atoms with Crippen LogP contribution in [0.5, 0.6) is 0 Å². The van der Waals surface area contributed by atoms with Crippen molar-refractivity contribution in [3.05, 3.63) is 24.3 Å². The second-order valence-electron chi connectivity index (χ2n) is 3.62. The maximum Gasteiger partial charge on any atom is 0.226 e. The van der Waals surface area contributed by atoms with Crippen LogP contribution in [0.15, 0.2) is 18.6 Å².